The predicted octanol–water partition coefficient (Wildman–Crippen LogP) is 4.72. The molecular weight excluding hydrogens is 618 g/mol. The first kappa shape index (κ1) is 29.1. The Hall–Kier alpha value is -3.87. The van der Waals surface area contributed by atoms with Gasteiger partial charge in [0.25, 0.3) is 0 Å². The van der Waals surface area contributed by atoms with Crippen LogP contribution < -0.4 is 19.7 Å². The highest BCUT2D eigenvalue weighted by Crippen LogP contribution is 2.49. The average Bonchev–Trinajstić information content (AvgIpc) is 3.35. The van der Waals surface area contributed by atoms with Crippen LogP contribution in [-0.2, 0) is 11.2 Å². The minimum atomic E-state index is -0.685. The maximum Gasteiger partial charge on any atom is 0.319 e. The maximum atomic E-state index is 17.1. The smallest absolute Gasteiger partial charge is 0.319 e. The van der Waals surface area contributed by atoms with Crippen molar-refractivity contribution in [2.75, 3.05) is 44.4 Å². The number of aryl methyl sites for hydroxylation is 1. The number of piperazine rings is 1. The topological polar surface area (TPSA) is 105 Å². The molecule has 12 heteroatoms. The third-order valence-corrected chi connectivity index (χ3v) is 11.7. The summed E-state index contributed by atoms with van der Waals surface area (Å²) in [5, 5.41) is 15.9. The van der Waals surface area contributed by atoms with Gasteiger partial charge in [0.15, 0.2) is 5.82 Å². The number of pyridine rings is 1. The summed E-state index contributed by atoms with van der Waals surface area (Å²) in [5.74, 6) is -0.350. The molecule has 5 aliphatic heterocycles. The lowest BCUT2D eigenvalue weighted by molar-refractivity contribution is 0.0176. The Morgan fingerprint density at radius 1 is 1.08 bits per heavy atom. The lowest BCUT2D eigenvalue weighted by Crippen LogP contribution is -2.60. The predicted molar refractivity (Wildman–Crippen MR) is 175 cm³/mol. The molecule has 2 aromatic carbocycles. The minimum Gasteiger partial charge on any atom is -0.508 e. The largest absolute Gasteiger partial charge is 0.508 e. The van der Waals surface area contributed by atoms with E-state index >= 15 is 8.78 Å². The lowest BCUT2D eigenvalue weighted by Gasteiger charge is -2.40. The minimum absolute atomic E-state index is 0.0188. The van der Waals surface area contributed by atoms with E-state index in [4.69, 9.17) is 29.2 Å². The molecule has 0 radical (unpaired) electrons. The van der Waals surface area contributed by atoms with Crippen molar-refractivity contribution in [3.05, 3.63) is 41.5 Å². The summed E-state index contributed by atoms with van der Waals surface area (Å²) in [6.45, 7) is 6.06. The van der Waals surface area contributed by atoms with E-state index in [2.05, 4.69) is 15.1 Å². The number of fused-ring (bicyclic) bond motifs is 8. The molecule has 10 nitrogen and oxygen atoms in total. The first-order valence-electron chi connectivity index (χ1n) is 17.4. The number of rotatable bonds is 7. The number of nitrogens with zero attached hydrogens (tertiary/aromatic N) is 5. The molecule has 6 aliphatic rings. The summed E-state index contributed by atoms with van der Waals surface area (Å²) in [7, 11) is 0. The molecule has 2 aromatic heterocycles. The normalized spacial score (nSPS) is 28.1. The second-order valence-corrected chi connectivity index (χ2v) is 14.7. The van der Waals surface area contributed by atoms with E-state index in [1.54, 1.807) is 12.1 Å². The molecule has 10 rings (SSSR count). The number of likely N-dealkylation sites (tertiary alicyclic amines) is 1. The van der Waals surface area contributed by atoms with Crippen molar-refractivity contribution >= 4 is 27.5 Å². The Balaban J connectivity index is 1.11. The fraction of sp³-hybridized carbons (Fsp3) is 0.528. The molecule has 250 valence electrons. The number of anilines is 1. The van der Waals surface area contributed by atoms with Gasteiger partial charge in [0.05, 0.1) is 25.4 Å². The highest BCUT2D eigenvalue weighted by molar-refractivity contribution is 6.03. The molecule has 48 heavy (non-hydrogen) atoms. The van der Waals surface area contributed by atoms with Gasteiger partial charge < -0.3 is 29.5 Å². The second kappa shape index (κ2) is 10.6. The highest BCUT2D eigenvalue weighted by Gasteiger charge is 2.50. The Morgan fingerprint density at radius 2 is 1.98 bits per heavy atom. The zero-order valence-corrected chi connectivity index (χ0v) is 26.8. The van der Waals surface area contributed by atoms with Crippen molar-refractivity contribution in [3.8, 4) is 28.9 Å². The van der Waals surface area contributed by atoms with Crippen molar-refractivity contribution in [1.82, 2.24) is 25.2 Å². The van der Waals surface area contributed by atoms with Crippen LogP contribution in [0.1, 0.15) is 44.6 Å². The molecule has 1 saturated carbocycles. The average molecular weight is 657 g/mol. The van der Waals surface area contributed by atoms with Gasteiger partial charge in [-0.05, 0) is 73.1 Å². The van der Waals surface area contributed by atoms with Crippen LogP contribution in [0.4, 0.5) is 14.6 Å². The molecule has 1 aliphatic carbocycles. The Labute approximate surface area is 276 Å². The van der Waals surface area contributed by atoms with Gasteiger partial charge in [-0.25, -0.2) is 13.8 Å². The third kappa shape index (κ3) is 4.48. The van der Waals surface area contributed by atoms with Crippen molar-refractivity contribution < 1.29 is 28.1 Å². The number of ether oxygens (including phenoxy) is 3. The van der Waals surface area contributed by atoms with E-state index in [0.29, 0.717) is 71.9 Å². The summed E-state index contributed by atoms with van der Waals surface area (Å²) in [5.41, 5.74) is 0.719. The first-order valence-corrected chi connectivity index (χ1v) is 17.4. The van der Waals surface area contributed by atoms with E-state index in [-0.39, 0.29) is 51.9 Å². The van der Waals surface area contributed by atoms with Gasteiger partial charge in [0.1, 0.15) is 40.6 Å². The fourth-order valence-electron chi connectivity index (χ4n) is 9.04. The Kier molecular flexibility index (Phi) is 6.40. The van der Waals surface area contributed by atoms with E-state index in [1.807, 2.05) is 6.92 Å². The van der Waals surface area contributed by atoms with Gasteiger partial charge in [-0.3, -0.25) is 4.90 Å². The van der Waals surface area contributed by atoms with Gasteiger partial charge in [0.2, 0.25) is 5.88 Å². The number of morpholine rings is 1. The summed E-state index contributed by atoms with van der Waals surface area (Å²) in [6, 6.07) is 7.06. The van der Waals surface area contributed by atoms with Crippen molar-refractivity contribution in [2.45, 2.75) is 75.7 Å². The Bertz CT molecular complexity index is 1990. The third-order valence-electron chi connectivity index (χ3n) is 11.7. The summed E-state index contributed by atoms with van der Waals surface area (Å²) in [4.78, 5) is 19.2. The summed E-state index contributed by atoms with van der Waals surface area (Å²) < 4.78 is 50.9. The van der Waals surface area contributed by atoms with Gasteiger partial charge in [-0.15, -0.1) is 0 Å². The van der Waals surface area contributed by atoms with Crippen LogP contribution in [0.25, 0.3) is 32.9 Å². The lowest BCUT2D eigenvalue weighted by atomic mass is 9.94. The van der Waals surface area contributed by atoms with Crippen molar-refractivity contribution in [2.24, 2.45) is 5.41 Å². The van der Waals surface area contributed by atoms with Crippen molar-refractivity contribution in [3.63, 3.8) is 0 Å². The van der Waals surface area contributed by atoms with Crippen LogP contribution in [0.3, 0.4) is 0 Å². The number of nitrogens with one attached hydrogen (secondary N) is 1. The highest BCUT2D eigenvalue weighted by atomic mass is 19.1. The molecule has 2 N–H and O–H groups in total. The van der Waals surface area contributed by atoms with Crippen LogP contribution in [0.15, 0.2) is 24.3 Å². The zero-order valence-electron chi connectivity index (χ0n) is 26.8. The first-order chi connectivity index (χ1) is 23.4. The zero-order chi connectivity index (χ0) is 32.3. The number of benzene rings is 2. The van der Waals surface area contributed by atoms with Crippen LogP contribution >= 0.6 is 0 Å². The number of halogens is 2. The number of phenols is 1. The standard InChI is InChI=1S/C36H38F2N6O4/c1-2-23-25(37)5-3-18-9-21(45)11-24(28(18)23)31-30(38)32-29-33(44-12-19-4-6-26(39-19)27(44)15-47-34(29)40-31)42-35(41-32)48-17-36(7-8-36)16-43-13-22-10-20(43)14-46-22/h3,5,9,11,19-20,22,26-27,39,45H,2,4,6-8,10,12-17H2,1H3/t19-,20-,22-,26+,27-/m0/s1. The molecule has 4 aromatic rings. The van der Waals surface area contributed by atoms with Gasteiger partial charge in [-0.1, -0.05) is 13.0 Å². The summed E-state index contributed by atoms with van der Waals surface area (Å²) in [6.07, 6.45) is 6.01. The molecule has 5 atom stereocenters. The van der Waals surface area contributed by atoms with Crippen LogP contribution in [0, 0.1) is 17.0 Å². The fourth-order valence-corrected chi connectivity index (χ4v) is 9.04. The molecule has 7 heterocycles. The van der Waals surface area contributed by atoms with Gasteiger partial charge >= 0.3 is 6.01 Å². The number of hydrogen-bond donors (Lipinski definition) is 2. The molecule has 0 unspecified atom stereocenters. The van der Waals surface area contributed by atoms with Crippen LogP contribution in [-0.4, -0.2) is 94.7 Å². The Morgan fingerprint density at radius 3 is 2.77 bits per heavy atom. The molecule has 4 bridgehead atoms. The van der Waals surface area contributed by atoms with Gasteiger partial charge in [0, 0.05) is 48.7 Å². The second-order valence-electron chi connectivity index (χ2n) is 14.7. The number of hydrogen-bond acceptors (Lipinski definition) is 10. The van der Waals surface area contributed by atoms with E-state index in [9.17, 15) is 5.11 Å². The quantitative estimate of drug-likeness (QED) is 0.290. The maximum absolute atomic E-state index is 17.1. The van der Waals surface area contributed by atoms with E-state index in [1.165, 1.54) is 12.1 Å². The molecular formula is C36H38F2N6O4. The monoisotopic (exact) mass is 656 g/mol. The molecule has 0 amide bonds. The van der Waals surface area contributed by atoms with Gasteiger partial charge in [-0.2, -0.15) is 9.97 Å². The van der Waals surface area contributed by atoms with E-state index < -0.39 is 11.6 Å². The summed E-state index contributed by atoms with van der Waals surface area (Å²) >= 11 is 0. The van der Waals surface area contributed by atoms with E-state index in [0.717, 1.165) is 51.8 Å². The molecule has 4 saturated heterocycles. The molecule has 5 fully saturated rings. The number of aromatic hydroxyl groups is 1. The number of aromatic nitrogens is 3. The molecule has 0 spiro atoms. The van der Waals surface area contributed by atoms with Crippen molar-refractivity contribution in [1.29, 1.82) is 0 Å². The van der Waals surface area contributed by atoms with Crippen LogP contribution in [0.5, 0.6) is 17.6 Å². The SMILES string of the molecule is CCc1c(F)ccc2cc(O)cc(-c3nc4c5c(nc(OCC6(CN7C[C@@H]8C[C@H]7CO8)CC6)nc5c3F)N3C[C@@H]5CC[C@@H](N5)[C@@H]3CO4)c12. The number of phenolic OH excluding ortho intramolecular Hbond substituents is 1. The van der Waals surface area contributed by atoms with Crippen LogP contribution in [0.2, 0.25) is 0 Å².